The Morgan fingerprint density at radius 1 is 0.864 bits per heavy atom. The van der Waals surface area contributed by atoms with Crippen LogP contribution in [0.4, 0.5) is 0 Å². The Hall–Kier alpha value is -1.22. The van der Waals surface area contributed by atoms with E-state index in [1.54, 1.807) is 0 Å². The van der Waals surface area contributed by atoms with Crippen molar-refractivity contribution in [3.05, 3.63) is 0 Å². The van der Waals surface area contributed by atoms with Crippen molar-refractivity contribution in [2.75, 3.05) is 46.5 Å². The molecule has 0 unspecified atom stereocenters. The maximum Gasteiger partial charge on any atom is 0.230 e. The van der Waals surface area contributed by atoms with Gasteiger partial charge in [-0.15, -0.1) is 0 Å². The Balaban J connectivity index is 0.927. The Labute approximate surface area is 266 Å². The summed E-state index contributed by atoms with van der Waals surface area (Å²) in [6.07, 6.45) is 12.4. The van der Waals surface area contributed by atoms with Crippen molar-refractivity contribution in [2.45, 2.75) is 116 Å². The number of piperazine rings is 1. The number of rotatable bonds is 5. The average molecular weight is 613 g/mol. The van der Waals surface area contributed by atoms with E-state index >= 15 is 0 Å². The molecule has 2 amide bonds. The van der Waals surface area contributed by atoms with Gasteiger partial charge in [-0.05, 0) is 111 Å². The number of nitrogens with zero attached hydrogens (tertiary/aromatic N) is 2. The van der Waals surface area contributed by atoms with Gasteiger partial charge >= 0.3 is 0 Å². The normalized spacial score (nSPS) is 49.1. The molecule has 12 atom stereocenters. The summed E-state index contributed by atoms with van der Waals surface area (Å²) in [5, 5.41) is 6.24. The standard InChI is InChI=1S/C36H60N4O4/c1-23-8-13-36(43-21-23)24(2)33-30(44-36)19-29-27-7-6-25-18-26(9-11-34(25,3)28(27)10-12-35(29,33)4)38-32(42)20-31(41)37-22-40-16-14-39(5)15-17-40/h23-30,33H,6-22H2,1-5H3,(H,37,41)(H,38,42)/t23-,24+,25-,26-,27-,28+,29+,30+,33+,34+,35+,36-/m1/s1. The second kappa shape index (κ2) is 11.8. The first kappa shape index (κ1) is 31.4. The second-order valence-corrected chi connectivity index (χ2v) is 17.1. The number of likely N-dealkylation sites (N-methyl/N-ethyl adjacent to an activating group) is 1. The molecule has 7 rings (SSSR count). The molecule has 2 N–H and O–H groups in total. The smallest absolute Gasteiger partial charge is 0.230 e. The first-order valence-corrected chi connectivity index (χ1v) is 18.3. The lowest BCUT2D eigenvalue weighted by molar-refractivity contribution is -0.273. The predicted molar refractivity (Wildman–Crippen MR) is 170 cm³/mol. The zero-order valence-electron chi connectivity index (χ0n) is 28.2. The second-order valence-electron chi connectivity index (χ2n) is 17.1. The van der Waals surface area contributed by atoms with Crippen LogP contribution in [0, 0.1) is 52.3 Å². The maximum absolute atomic E-state index is 12.9. The summed E-state index contributed by atoms with van der Waals surface area (Å²) in [4.78, 5) is 30.0. The van der Waals surface area contributed by atoms with Gasteiger partial charge in [-0.2, -0.15) is 0 Å². The van der Waals surface area contributed by atoms with Crippen LogP contribution in [0.3, 0.4) is 0 Å². The molecule has 8 nitrogen and oxygen atoms in total. The minimum absolute atomic E-state index is 0.0642. The molecular weight excluding hydrogens is 552 g/mol. The molecule has 0 aromatic rings. The summed E-state index contributed by atoms with van der Waals surface area (Å²) in [5.74, 6) is 4.15. The molecule has 4 saturated carbocycles. The highest BCUT2D eigenvalue weighted by Gasteiger charge is 2.69. The zero-order valence-corrected chi connectivity index (χ0v) is 28.2. The SMILES string of the molecule is C[C@@H]1CC[C@@]2(OC1)O[C@H]1C[C@H]3[C@@H]4CC[C@@H]5C[C@H](NC(=O)CC(=O)NCN6CCN(C)CC6)CC[C@]5(C)[C@H]4CC[C@]3(C)[C@H]1[C@@H]2C. The van der Waals surface area contributed by atoms with Crippen molar-refractivity contribution >= 4 is 11.8 Å². The van der Waals surface area contributed by atoms with Gasteiger partial charge < -0.3 is 25.0 Å². The fourth-order valence-electron chi connectivity index (χ4n) is 12.1. The van der Waals surface area contributed by atoms with Gasteiger partial charge in [0.15, 0.2) is 5.79 Å². The number of hydrogen-bond donors (Lipinski definition) is 2. The molecule has 1 spiro atoms. The molecule has 0 bridgehead atoms. The van der Waals surface area contributed by atoms with Gasteiger partial charge in [-0.1, -0.05) is 27.7 Å². The fraction of sp³-hybridized carbons (Fsp3) is 0.944. The summed E-state index contributed by atoms with van der Waals surface area (Å²) in [6, 6.07) is 0.200. The van der Waals surface area contributed by atoms with Crippen molar-refractivity contribution < 1.29 is 19.1 Å². The van der Waals surface area contributed by atoms with E-state index in [0.29, 0.717) is 47.3 Å². The number of ether oxygens (including phenoxy) is 2. The molecule has 0 aromatic carbocycles. The summed E-state index contributed by atoms with van der Waals surface area (Å²) >= 11 is 0. The van der Waals surface area contributed by atoms with Crippen LogP contribution in [-0.2, 0) is 19.1 Å². The maximum atomic E-state index is 12.9. The molecule has 7 aliphatic rings. The number of carbonyl (C=O) groups excluding carboxylic acids is 2. The van der Waals surface area contributed by atoms with Gasteiger partial charge in [0.1, 0.15) is 6.42 Å². The Morgan fingerprint density at radius 2 is 1.64 bits per heavy atom. The van der Waals surface area contributed by atoms with Gasteiger partial charge in [-0.3, -0.25) is 14.5 Å². The highest BCUT2D eigenvalue weighted by Crippen LogP contribution is 2.71. The minimum atomic E-state index is -0.329. The van der Waals surface area contributed by atoms with E-state index in [9.17, 15) is 9.59 Å². The van der Waals surface area contributed by atoms with Gasteiger partial charge in [0.25, 0.3) is 0 Å². The van der Waals surface area contributed by atoms with Crippen LogP contribution in [0.1, 0.15) is 98.3 Å². The fourth-order valence-corrected chi connectivity index (χ4v) is 12.1. The molecule has 0 radical (unpaired) electrons. The molecule has 7 fully saturated rings. The van der Waals surface area contributed by atoms with Crippen molar-refractivity contribution in [1.29, 1.82) is 0 Å². The van der Waals surface area contributed by atoms with Crippen LogP contribution in [0.2, 0.25) is 0 Å². The topological polar surface area (TPSA) is 83.1 Å². The Kier molecular flexibility index (Phi) is 8.41. The van der Waals surface area contributed by atoms with Crippen molar-refractivity contribution in [1.82, 2.24) is 20.4 Å². The van der Waals surface area contributed by atoms with E-state index in [0.717, 1.165) is 69.8 Å². The van der Waals surface area contributed by atoms with E-state index in [-0.39, 0.29) is 30.1 Å². The van der Waals surface area contributed by atoms with Gasteiger partial charge in [0, 0.05) is 44.6 Å². The number of nitrogens with one attached hydrogen (secondary N) is 2. The summed E-state index contributed by atoms with van der Waals surface area (Å²) in [7, 11) is 2.13. The summed E-state index contributed by atoms with van der Waals surface area (Å²) in [6.45, 7) is 15.3. The highest BCUT2D eigenvalue weighted by atomic mass is 16.7. The van der Waals surface area contributed by atoms with Crippen LogP contribution in [0.25, 0.3) is 0 Å². The molecule has 4 aliphatic carbocycles. The highest BCUT2D eigenvalue weighted by molar-refractivity contribution is 5.96. The zero-order chi connectivity index (χ0) is 30.9. The molecule has 3 aliphatic heterocycles. The average Bonchev–Trinajstić information content (AvgIpc) is 3.44. The molecule has 248 valence electrons. The Morgan fingerprint density at radius 3 is 2.39 bits per heavy atom. The lowest BCUT2D eigenvalue weighted by atomic mass is 9.44. The van der Waals surface area contributed by atoms with Gasteiger partial charge in [0.05, 0.1) is 19.4 Å². The van der Waals surface area contributed by atoms with E-state index in [1.165, 1.54) is 44.9 Å². The molecule has 3 heterocycles. The van der Waals surface area contributed by atoms with Crippen LogP contribution in [-0.4, -0.2) is 86.0 Å². The third kappa shape index (κ3) is 5.35. The van der Waals surface area contributed by atoms with E-state index in [4.69, 9.17) is 9.47 Å². The predicted octanol–water partition coefficient (Wildman–Crippen LogP) is 4.63. The quantitative estimate of drug-likeness (QED) is 0.441. The van der Waals surface area contributed by atoms with Crippen molar-refractivity contribution in [3.63, 3.8) is 0 Å². The minimum Gasteiger partial charge on any atom is -0.353 e. The van der Waals surface area contributed by atoms with Gasteiger partial charge in [0.2, 0.25) is 11.8 Å². The first-order chi connectivity index (χ1) is 21.0. The van der Waals surface area contributed by atoms with E-state index in [1.807, 2.05) is 0 Å². The molecule has 3 saturated heterocycles. The van der Waals surface area contributed by atoms with Crippen LogP contribution in [0.5, 0.6) is 0 Å². The molecule has 0 aromatic heterocycles. The first-order valence-electron chi connectivity index (χ1n) is 18.3. The van der Waals surface area contributed by atoms with Crippen LogP contribution >= 0.6 is 0 Å². The van der Waals surface area contributed by atoms with Crippen LogP contribution in [0.15, 0.2) is 0 Å². The van der Waals surface area contributed by atoms with E-state index < -0.39 is 0 Å². The van der Waals surface area contributed by atoms with Gasteiger partial charge in [-0.25, -0.2) is 0 Å². The molecule has 8 heteroatoms. The summed E-state index contributed by atoms with van der Waals surface area (Å²) in [5.41, 5.74) is 0.722. The number of amides is 2. The molecular formula is C36H60N4O4. The van der Waals surface area contributed by atoms with Crippen LogP contribution < -0.4 is 10.6 Å². The number of carbonyl (C=O) groups is 2. The Bertz CT molecular complexity index is 1090. The lowest BCUT2D eigenvalue weighted by Gasteiger charge is -2.61. The van der Waals surface area contributed by atoms with Crippen molar-refractivity contribution in [3.8, 4) is 0 Å². The monoisotopic (exact) mass is 612 g/mol. The van der Waals surface area contributed by atoms with Crippen molar-refractivity contribution in [2.24, 2.45) is 52.3 Å². The number of fused-ring (bicyclic) bond motifs is 7. The summed E-state index contributed by atoms with van der Waals surface area (Å²) < 4.78 is 13.5. The third-order valence-corrected chi connectivity index (χ3v) is 14.7. The molecule has 44 heavy (non-hydrogen) atoms. The number of hydrogen-bond acceptors (Lipinski definition) is 6. The van der Waals surface area contributed by atoms with E-state index in [2.05, 4.69) is 55.2 Å². The lowest BCUT2D eigenvalue weighted by Crippen LogP contribution is -2.56. The third-order valence-electron chi connectivity index (χ3n) is 14.7. The largest absolute Gasteiger partial charge is 0.353 e.